The first-order valence-corrected chi connectivity index (χ1v) is 10.0. The van der Waals surface area contributed by atoms with E-state index in [9.17, 15) is 9.59 Å². The lowest BCUT2D eigenvalue weighted by atomic mass is 9.49. The number of rotatable bonds is 5. The van der Waals surface area contributed by atoms with Crippen LogP contribution >= 0.6 is 11.6 Å². The zero-order chi connectivity index (χ0) is 18.4. The molecule has 0 aliphatic heterocycles. The van der Waals surface area contributed by atoms with Crippen molar-refractivity contribution >= 4 is 23.4 Å². The molecule has 0 saturated heterocycles. The average molecular weight is 375 g/mol. The molecule has 2 N–H and O–H groups in total. The van der Waals surface area contributed by atoms with E-state index in [2.05, 4.69) is 10.6 Å². The summed E-state index contributed by atoms with van der Waals surface area (Å²) in [7, 11) is 0. The van der Waals surface area contributed by atoms with Gasteiger partial charge in [-0.3, -0.25) is 9.59 Å². The Kier molecular flexibility index (Phi) is 4.50. The van der Waals surface area contributed by atoms with E-state index in [1.165, 1.54) is 12.0 Å². The number of alkyl halides is 1. The molecule has 1 aromatic rings. The van der Waals surface area contributed by atoms with Crippen LogP contribution in [0.5, 0.6) is 0 Å². The van der Waals surface area contributed by atoms with Crippen LogP contribution in [0.25, 0.3) is 0 Å². The Morgan fingerprint density at radius 3 is 2.35 bits per heavy atom. The number of nitrogens with one attached hydrogen (secondary N) is 2. The first-order chi connectivity index (χ1) is 12.4. The Balaban J connectivity index is 1.30. The SMILES string of the molecule is Cc1ccc(CNC(=O)CNC(=O)C23C[C@@H]4C[C@@H](CC(Cl)(C4)C2)C3)cc1. The molecule has 4 fully saturated rings. The minimum atomic E-state index is -0.344. The fraction of sp³-hybridized carbons (Fsp3) is 0.619. The van der Waals surface area contributed by atoms with Gasteiger partial charge in [-0.05, 0) is 62.8 Å². The van der Waals surface area contributed by atoms with Crippen LogP contribution in [-0.2, 0) is 16.1 Å². The highest BCUT2D eigenvalue weighted by Gasteiger charge is 2.59. The third-order valence-corrected chi connectivity index (χ3v) is 6.93. The Morgan fingerprint density at radius 1 is 1.08 bits per heavy atom. The van der Waals surface area contributed by atoms with Crippen LogP contribution in [0.4, 0.5) is 0 Å². The summed E-state index contributed by atoms with van der Waals surface area (Å²) >= 11 is 6.80. The van der Waals surface area contributed by atoms with Gasteiger partial charge in [-0.25, -0.2) is 0 Å². The third-order valence-electron chi connectivity index (χ3n) is 6.49. The zero-order valence-corrected chi connectivity index (χ0v) is 16.1. The van der Waals surface area contributed by atoms with E-state index in [1.54, 1.807) is 0 Å². The Morgan fingerprint density at radius 2 is 1.73 bits per heavy atom. The number of benzene rings is 1. The number of halogens is 1. The van der Waals surface area contributed by atoms with Crippen molar-refractivity contribution in [2.45, 2.75) is 56.9 Å². The maximum atomic E-state index is 12.9. The molecule has 2 amide bonds. The minimum Gasteiger partial charge on any atom is -0.350 e. The predicted octanol–water partition coefficient (Wildman–Crippen LogP) is 3.31. The number of hydrogen-bond acceptors (Lipinski definition) is 2. The fourth-order valence-corrected chi connectivity index (χ4v) is 6.43. The van der Waals surface area contributed by atoms with Gasteiger partial charge in [0.25, 0.3) is 0 Å². The molecule has 4 saturated carbocycles. The van der Waals surface area contributed by atoms with Gasteiger partial charge in [-0.2, -0.15) is 0 Å². The number of amides is 2. The van der Waals surface area contributed by atoms with Gasteiger partial charge >= 0.3 is 0 Å². The van der Waals surface area contributed by atoms with E-state index < -0.39 is 0 Å². The van der Waals surface area contributed by atoms with Crippen LogP contribution in [0.2, 0.25) is 0 Å². The van der Waals surface area contributed by atoms with Gasteiger partial charge in [0, 0.05) is 11.4 Å². The summed E-state index contributed by atoms with van der Waals surface area (Å²) in [6.45, 7) is 2.56. The second-order valence-electron chi connectivity index (χ2n) is 8.84. The van der Waals surface area contributed by atoms with Crippen molar-refractivity contribution in [1.82, 2.24) is 10.6 Å². The van der Waals surface area contributed by atoms with Gasteiger partial charge in [-0.15, -0.1) is 11.6 Å². The molecule has 0 radical (unpaired) electrons. The summed E-state index contributed by atoms with van der Waals surface area (Å²) in [6.07, 6.45) is 5.98. The molecule has 4 aliphatic rings. The largest absolute Gasteiger partial charge is 0.350 e. The van der Waals surface area contributed by atoms with Crippen LogP contribution < -0.4 is 10.6 Å². The fourth-order valence-electron chi connectivity index (χ4n) is 5.73. The number of hydrogen-bond donors (Lipinski definition) is 2. The van der Waals surface area contributed by atoms with Crippen LogP contribution in [0.1, 0.15) is 49.7 Å². The van der Waals surface area contributed by atoms with E-state index >= 15 is 0 Å². The second kappa shape index (κ2) is 6.56. The van der Waals surface area contributed by atoms with Crippen LogP contribution in [0, 0.1) is 24.2 Å². The summed E-state index contributed by atoms with van der Waals surface area (Å²) in [6, 6.07) is 8.06. The Bertz CT molecular complexity index is 701. The van der Waals surface area contributed by atoms with Crippen molar-refractivity contribution in [3.63, 3.8) is 0 Å². The van der Waals surface area contributed by atoms with Gasteiger partial charge in [0.2, 0.25) is 11.8 Å². The maximum Gasteiger partial charge on any atom is 0.239 e. The zero-order valence-electron chi connectivity index (χ0n) is 15.3. The molecule has 4 aliphatic carbocycles. The number of carbonyl (C=O) groups is 2. The summed E-state index contributed by atoms with van der Waals surface area (Å²) in [5, 5.41) is 5.77. The average Bonchev–Trinajstić information content (AvgIpc) is 2.57. The molecule has 4 atom stereocenters. The Labute approximate surface area is 160 Å². The summed E-state index contributed by atoms with van der Waals surface area (Å²) in [5.41, 5.74) is 1.91. The lowest BCUT2D eigenvalue weighted by Gasteiger charge is -2.59. The van der Waals surface area contributed by atoms with Gasteiger partial charge in [0.05, 0.1) is 12.0 Å². The van der Waals surface area contributed by atoms with Crippen LogP contribution in [0.15, 0.2) is 24.3 Å². The molecule has 4 nitrogen and oxygen atoms in total. The molecule has 0 spiro atoms. The van der Waals surface area contributed by atoms with E-state index in [0.29, 0.717) is 18.4 Å². The van der Waals surface area contributed by atoms with Crippen molar-refractivity contribution in [1.29, 1.82) is 0 Å². The lowest BCUT2D eigenvalue weighted by Crippen LogP contribution is -2.59. The first kappa shape index (κ1) is 17.8. The first-order valence-electron chi connectivity index (χ1n) is 9.65. The summed E-state index contributed by atoms with van der Waals surface area (Å²) in [5.74, 6) is 1.04. The van der Waals surface area contributed by atoms with Crippen molar-refractivity contribution in [2.75, 3.05) is 6.54 Å². The highest BCUT2D eigenvalue weighted by Crippen LogP contribution is 2.63. The monoisotopic (exact) mass is 374 g/mol. The highest BCUT2D eigenvalue weighted by molar-refractivity contribution is 6.24. The molecule has 0 aromatic heterocycles. The molecule has 4 bridgehead atoms. The maximum absolute atomic E-state index is 12.9. The minimum absolute atomic E-state index is 0.0297. The van der Waals surface area contributed by atoms with Crippen molar-refractivity contribution in [3.8, 4) is 0 Å². The molecule has 2 unspecified atom stereocenters. The van der Waals surface area contributed by atoms with Gasteiger partial charge in [-0.1, -0.05) is 29.8 Å². The molecule has 5 heteroatoms. The van der Waals surface area contributed by atoms with Crippen molar-refractivity contribution < 1.29 is 9.59 Å². The van der Waals surface area contributed by atoms with Crippen molar-refractivity contribution in [2.24, 2.45) is 17.3 Å². The molecular formula is C21H27ClN2O2. The quantitative estimate of drug-likeness (QED) is 0.777. The molecule has 5 rings (SSSR count). The molecular weight excluding hydrogens is 348 g/mol. The standard InChI is InChI=1S/C21H27ClN2O2/c1-14-2-4-15(5-3-14)11-23-18(25)12-24-19(26)20-7-16-6-17(8-20)10-21(22,9-16)13-20/h2-5,16-17H,6-13H2,1H3,(H,23,25)(H,24,26)/t16-,17+,20?,21?. The Hall–Kier alpha value is -1.55. The van der Waals surface area contributed by atoms with Crippen LogP contribution in [-0.4, -0.2) is 23.2 Å². The summed E-state index contributed by atoms with van der Waals surface area (Å²) < 4.78 is 0. The number of aryl methyl sites for hydroxylation is 1. The molecule has 26 heavy (non-hydrogen) atoms. The van der Waals surface area contributed by atoms with E-state index in [4.69, 9.17) is 11.6 Å². The van der Waals surface area contributed by atoms with Gasteiger partial charge < -0.3 is 10.6 Å². The smallest absolute Gasteiger partial charge is 0.239 e. The number of carbonyl (C=O) groups excluding carboxylic acids is 2. The lowest BCUT2D eigenvalue weighted by molar-refractivity contribution is -0.145. The van der Waals surface area contributed by atoms with Gasteiger partial charge in [0.1, 0.15) is 0 Å². The summed E-state index contributed by atoms with van der Waals surface area (Å²) in [4.78, 5) is 24.8. The van der Waals surface area contributed by atoms with E-state index in [1.807, 2.05) is 31.2 Å². The van der Waals surface area contributed by atoms with E-state index in [-0.39, 0.29) is 28.6 Å². The third kappa shape index (κ3) is 3.48. The topological polar surface area (TPSA) is 58.2 Å². The second-order valence-corrected chi connectivity index (χ2v) is 9.64. The van der Waals surface area contributed by atoms with E-state index in [0.717, 1.165) is 37.7 Å². The molecule has 140 valence electrons. The van der Waals surface area contributed by atoms with Crippen molar-refractivity contribution in [3.05, 3.63) is 35.4 Å². The van der Waals surface area contributed by atoms with Crippen LogP contribution in [0.3, 0.4) is 0 Å². The predicted molar refractivity (Wildman–Crippen MR) is 102 cm³/mol. The molecule has 0 heterocycles. The molecule has 1 aromatic carbocycles. The highest BCUT2D eigenvalue weighted by atomic mass is 35.5. The normalized spacial score (nSPS) is 34.5. The van der Waals surface area contributed by atoms with Gasteiger partial charge in [0.15, 0.2) is 0 Å².